The summed E-state index contributed by atoms with van der Waals surface area (Å²) in [6.45, 7) is 2.89. The van der Waals surface area contributed by atoms with Crippen molar-refractivity contribution in [2.75, 3.05) is 7.11 Å². The van der Waals surface area contributed by atoms with E-state index in [0.717, 1.165) is 22.7 Å². The van der Waals surface area contributed by atoms with Crippen LogP contribution < -0.4 is 4.74 Å². The van der Waals surface area contributed by atoms with Gasteiger partial charge < -0.3 is 9.84 Å². The minimum absolute atomic E-state index is 0.488. The number of aromatic nitrogens is 2. The monoisotopic (exact) mass is 252 g/mol. The number of hydrogen-bond donors (Lipinski definition) is 1. The molecule has 0 aliphatic carbocycles. The number of aliphatic hydroxyl groups is 1. The topological polar surface area (TPSA) is 47.3 Å². The van der Waals surface area contributed by atoms with Gasteiger partial charge in [0.2, 0.25) is 0 Å². The van der Waals surface area contributed by atoms with Gasteiger partial charge in [-0.15, -0.1) is 11.3 Å². The van der Waals surface area contributed by atoms with E-state index in [0.29, 0.717) is 6.42 Å². The van der Waals surface area contributed by atoms with Crippen molar-refractivity contribution < 1.29 is 9.84 Å². The smallest absolute Gasteiger partial charge is 0.129 e. The number of ether oxygens (including phenoxy) is 1. The molecule has 2 heterocycles. The molecule has 2 rings (SSSR count). The number of nitrogens with zero attached hydrogens (tertiary/aromatic N) is 2. The van der Waals surface area contributed by atoms with E-state index in [1.54, 1.807) is 13.3 Å². The summed E-state index contributed by atoms with van der Waals surface area (Å²) in [5, 5.41) is 16.2. The Kier molecular flexibility index (Phi) is 3.81. The average molecular weight is 252 g/mol. The van der Waals surface area contributed by atoms with Crippen LogP contribution in [0.5, 0.6) is 5.75 Å². The van der Waals surface area contributed by atoms with E-state index in [1.807, 2.05) is 29.2 Å². The Labute approximate surface area is 104 Å². The zero-order chi connectivity index (χ0) is 12.3. The standard InChI is InChI=1S/C12H16N2O2S/c1-3-14-7-9(6-13-14)4-11(15)12-5-10(16-2)8-17-12/h5-8,11,15H,3-4H2,1-2H3. The summed E-state index contributed by atoms with van der Waals surface area (Å²) in [5.41, 5.74) is 1.05. The number of thiophene rings is 1. The molecular formula is C12H16N2O2S. The molecule has 0 saturated carbocycles. The van der Waals surface area contributed by atoms with Crippen molar-refractivity contribution in [1.82, 2.24) is 9.78 Å². The van der Waals surface area contributed by atoms with E-state index in [1.165, 1.54) is 11.3 Å². The van der Waals surface area contributed by atoms with Crippen LogP contribution in [0.1, 0.15) is 23.5 Å². The van der Waals surface area contributed by atoms with Crippen molar-refractivity contribution in [2.45, 2.75) is 26.0 Å². The summed E-state index contributed by atoms with van der Waals surface area (Å²) in [5.74, 6) is 0.799. The van der Waals surface area contributed by atoms with Gasteiger partial charge in [0.1, 0.15) is 5.75 Å². The first kappa shape index (κ1) is 12.1. The molecule has 2 aromatic heterocycles. The molecule has 92 valence electrons. The van der Waals surface area contributed by atoms with Gasteiger partial charge >= 0.3 is 0 Å². The molecule has 17 heavy (non-hydrogen) atoms. The number of methoxy groups -OCH3 is 1. The van der Waals surface area contributed by atoms with Crippen LogP contribution >= 0.6 is 11.3 Å². The van der Waals surface area contributed by atoms with E-state index in [-0.39, 0.29) is 0 Å². The van der Waals surface area contributed by atoms with E-state index in [2.05, 4.69) is 5.10 Å². The second kappa shape index (κ2) is 5.33. The van der Waals surface area contributed by atoms with Crippen LogP contribution in [0.4, 0.5) is 0 Å². The third-order valence-electron chi connectivity index (χ3n) is 2.60. The largest absolute Gasteiger partial charge is 0.496 e. The van der Waals surface area contributed by atoms with Gasteiger partial charge in [-0.1, -0.05) is 0 Å². The lowest BCUT2D eigenvalue weighted by molar-refractivity contribution is 0.182. The Morgan fingerprint density at radius 3 is 3.00 bits per heavy atom. The molecule has 0 radical (unpaired) electrons. The summed E-state index contributed by atoms with van der Waals surface area (Å²) in [7, 11) is 1.63. The first-order valence-corrected chi connectivity index (χ1v) is 6.42. The van der Waals surface area contributed by atoms with Crippen molar-refractivity contribution >= 4 is 11.3 Å². The molecule has 0 saturated heterocycles. The zero-order valence-electron chi connectivity index (χ0n) is 9.96. The summed E-state index contributed by atoms with van der Waals surface area (Å²) >= 11 is 1.51. The first-order valence-electron chi connectivity index (χ1n) is 5.54. The van der Waals surface area contributed by atoms with Crippen molar-refractivity contribution in [2.24, 2.45) is 0 Å². The fourth-order valence-corrected chi connectivity index (χ4v) is 2.47. The highest BCUT2D eigenvalue weighted by molar-refractivity contribution is 7.10. The van der Waals surface area contributed by atoms with Crippen LogP contribution in [0.3, 0.4) is 0 Å². The van der Waals surface area contributed by atoms with Crippen molar-refractivity contribution in [1.29, 1.82) is 0 Å². The van der Waals surface area contributed by atoms with Crippen LogP contribution in [0, 0.1) is 0 Å². The molecule has 0 aromatic carbocycles. The molecule has 1 N–H and O–H groups in total. The highest BCUT2D eigenvalue weighted by atomic mass is 32.1. The Hall–Kier alpha value is -1.33. The summed E-state index contributed by atoms with van der Waals surface area (Å²) in [4.78, 5) is 0.922. The molecule has 2 aromatic rings. The van der Waals surface area contributed by atoms with Crippen molar-refractivity contribution in [3.63, 3.8) is 0 Å². The molecule has 1 atom stereocenters. The summed E-state index contributed by atoms with van der Waals surface area (Å²) in [6, 6.07) is 1.87. The van der Waals surface area contributed by atoms with Crippen LogP contribution in [0.25, 0.3) is 0 Å². The van der Waals surface area contributed by atoms with Crippen molar-refractivity contribution in [3.8, 4) is 5.75 Å². The Bertz CT molecular complexity index is 478. The van der Waals surface area contributed by atoms with E-state index in [4.69, 9.17) is 4.74 Å². The van der Waals surface area contributed by atoms with Gasteiger partial charge in [-0.05, 0) is 18.6 Å². The maximum Gasteiger partial charge on any atom is 0.129 e. The molecule has 0 fully saturated rings. The fraction of sp³-hybridized carbons (Fsp3) is 0.417. The second-order valence-electron chi connectivity index (χ2n) is 3.81. The molecule has 5 heteroatoms. The quantitative estimate of drug-likeness (QED) is 0.887. The summed E-state index contributed by atoms with van der Waals surface area (Å²) in [6.07, 6.45) is 3.87. The molecule has 0 amide bonds. The third-order valence-corrected chi connectivity index (χ3v) is 3.61. The summed E-state index contributed by atoms with van der Waals surface area (Å²) < 4.78 is 6.96. The Morgan fingerprint density at radius 1 is 1.59 bits per heavy atom. The lowest BCUT2D eigenvalue weighted by atomic mass is 10.1. The van der Waals surface area contributed by atoms with Gasteiger partial charge in [-0.3, -0.25) is 4.68 Å². The van der Waals surface area contributed by atoms with E-state index in [9.17, 15) is 5.11 Å². The number of hydrogen-bond acceptors (Lipinski definition) is 4. The average Bonchev–Trinajstić information content (AvgIpc) is 2.96. The predicted octanol–water partition coefficient (Wildman–Crippen LogP) is 2.25. The van der Waals surface area contributed by atoms with Crippen LogP contribution in [0.15, 0.2) is 23.8 Å². The number of aliphatic hydroxyl groups excluding tert-OH is 1. The fourth-order valence-electron chi connectivity index (χ4n) is 1.62. The minimum Gasteiger partial charge on any atom is -0.496 e. The molecular weight excluding hydrogens is 236 g/mol. The predicted molar refractivity (Wildman–Crippen MR) is 67.4 cm³/mol. The maximum absolute atomic E-state index is 10.1. The maximum atomic E-state index is 10.1. The Balaban J connectivity index is 2.02. The first-order chi connectivity index (χ1) is 8.22. The van der Waals surface area contributed by atoms with E-state index >= 15 is 0 Å². The molecule has 0 spiro atoms. The van der Waals surface area contributed by atoms with Gasteiger partial charge in [-0.2, -0.15) is 5.10 Å². The zero-order valence-corrected chi connectivity index (χ0v) is 10.8. The van der Waals surface area contributed by atoms with Gasteiger partial charge in [0.05, 0.1) is 19.4 Å². The van der Waals surface area contributed by atoms with Crippen LogP contribution in [-0.4, -0.2) is 22.0 Å². The number of rotatable bonds is 5. The van der Waals surface area contributed by atoms with Crippen LogP contribution in [0.2, 0.25) is 0 Å². The van der Waals surface area contributed by atoms with Gasteiger partial charge in [0.15, 0.2) is 0 Å². The molecule has 0 aliphatic heterocycles. The second-order valence-corrected chi connectivity index (χ2v) is 4.76. The van der Waals surface area contributed by atoms with Gasteiger partial charge in [0.25, 0.3) is 0 Å². The third kappa shape index (κ3) is 2.87. The molecule has 0 bridgehead atoms. The number of aryl methyl sites for hydroxylation is 1. The molecule has 4 nitrogen and oxygen atoms in total. The molecule has 1 unspecified atom stereocenters. The highest BCUT2D eigenvalue weighted by Gasteiger charge is 2.12. The normalized spacial score (nSPS) is 12.6. The molecule has 0 aliphatic rings. The Morgan fingerprint density at radius 2 is 2.41 bits per heavy atom. The lowest BCUT2D eigenvalue weighted by Gasteiger charge is -2.05. The van der Waals surface area contributed by atoms with E-state index < -0.39 is 6.10 Å². The lowest BCUT2D eigenvalue weighted by Crippen LogP contribution is -1.99. The van der Waals surface area contributed by atoms with Gasteiger partial charge in [0, 0.05) is 29.4 Å². The van der Waals surface area contributed by atoms with Crippen LogP contribution in [-0.2, 0) is 13.0 Å². The minimum atomic E-state index is -0.488. The van der Waals surface area contributed by atoms with Crippen molar-refractivity contribution in [3.05, 3.63) is 34.3 Å². The van der Waals surface area contributed by atoms with Gasteiger partial charge in [-0.25, -0.2) is 0 Å². The SMILES string of the molecule is CCn1cc(CC(O)c2cc(OC)cs2)cn1. The highest BCUT2D eigenvalue weighted by Crippen LogP contribution is 2.28.